The minimum atomic E-state index is -1.02. The van der Waals surface area contributed by atoms with Crippen molar-refractivity contribution in [3.05, 3.63) is 59.7 Å². The Balaban J connectivity index is 1.12. The molecule has 1 saturated heterocycles. The number of alkyl carbamates (subject to hydrolysis) is 1. The van der Waals surface area contributed by atoms with Crippen LogP contribution in [0.25, 0.3) is 11.1 Å². The van der Waals surface area contributed by atoms with Crippen molar-refractivity contribution in [2.45, 2.75) is 18.4 Å². The van der Waals surface area contributed by atoms with Crippen LogP contribution < -0.4 is 10.6 Å². The first kappa shape index (κ1) is 23.7. The van der Waals surface area contributed by atoms with Gasteiger partial charge < -0.3 is 30.0 Å². The number of fused-ring (bicyclic) bond motifs is 3. The molecule has 1 aliphatic carbocycles. The lowest BCUT2D eigenvalue weighted by atomic mass is 9.98. The summed E-state index contributed by atoms with van der Waals surface area (Å²) in [6.07, 6.45) is -0.846. The smallest absolute Gasteiger partial charge is 0.407 e. The van der Waals surface area contributed by atoms with E-state index in [0.717, 1.165) is 22.3 Å². The number of hydrogen-bond donors (Lipinski definition) is 3. The first-order valence-electron chi connectivity index (χ1n) is 11.3. The maximum Gasteiger partial charge on any atom is 0.407 e. The Morgan fingerprint density at radius 3 is 2.35 bits per heavy atom. The molecule has 34 heavy (non-hydrogen) atoms. The summed E-state index contributed by atoms with van der Waals surface area (Å²) in [5.41, 5.74) is 4.62. The van der Waals surface area contributed by atoms with Gasteiger partial charge in [-0.15, -0.1) is 0 Å². The number of benzene rings is 2. The lowest BCUT2D eigenvalue weighted by Gasteiger charge is -2.15. The van der Waals surface area contributed by atoms with Gasteiger partial charge in [-0.1, -0.05) is 48.5 Å². The molecule has 2 aromatic rings. The Bertz CT molecular complexity index is 996. The van der Waals surface area contributed by atoms with Gasteiger partial charge in [0.15, 0.2) is 6.10 Å². The number of carboxylic acid groups (broad SMARTS) is 1. The zero-order valence-corrected chi connectivity index (χ0v) is 18.7. The fourth-order valence-electron chi connectivity index (χ4n) is 4.45. The Kier molecular flexibility index (Phi) is 7.76. The molecular formula is C25H28N2O7. The zero-order chi connectivity index (χ0) is 23.9. The zero-order valence-electron chi connectivity index (χ0n) is 18.7. The molecule has 2 unspecified atom stereocenters. The number of aliphatic carboxylic acids is 1. The molecule has 1 heterocycles. The molecule has 2 aromatic carbocycles. The molecule has 4 rings (SSSR count). The van der Waals surface area contributed by atoms with Gasteiger partial charge in [0.25, 0.3) is 0 Å². The van der Waals surface area contributed by atoms with Gasteiger partial charge in [-0.3, -0.25) is 4.79 Å². The van der Waals surface area contributed by atoms with Crippen LogP contribution in [-0.4, -0.2) is 68.7 Å². The average molecular weight is 469 g/mol. The lowest BCUT2D eigenvalue weighted by Crippen LogP contribution is -2.38. The lowest BCUT2D eigenvalue weighted by molar-refractivity contribution is -0.149. The van der Waals surface area contributed by atoms with Crippen molar-refractivity contribution in [2.75, 3.05) is 39.5 Å². The highest BCUT2D eigenvalue weighted by Gasteiger charge is 2.34. The van der Waals surface area contributed by atoms with Crippen molar-refractivity contribution >= 4 is 18.0 Å². The van der Waals surface area contributed by atoms with Gasteiger partial charge in [0, 0.05) is 31.5 Å². The van der Waals surface area contributed by atoms with Gasteiger partial charge in [-0.05, 0) is 28.7 Å². The summed E-state index contributed by atoms with van der Waals surface area (Å²) in [5, 5.41) is 14.4. The number of amides is 2. The van der Waals surface area contributed by atoms with Crippen molar-refractivity contribution in [1.82, 2.24) is 10.6 Å². The van der Waals surface area contributed by atoms with Crippen LogP contribution in [0.2, 0.25) is 0 Å². The van der Waals surface area contributed by atoms with Gasteiger partial charge in [0.2, 0.25) is 5.91 Å². The average Bonchev–Trinajstić information content (AvgIpc) is 3.44. The fourth-order valence-corrected chi connectivity index (χ4v) is 4.45. The first-order valence-corrected chi connectivity index (χ1v) is 11.3. The summed E-state index contributed by atoms with van der Waals surface area (Å²) in [4.78, 5) is 35.1. The second-order valence-corrected chi connectivity index (χ2v) is 8.29. The first-order chi connectivity index (χ1) is 16.5. The van der Waals surface area contributed by atoms with E-state index in [9.17, 15) is 14.4 Å². The second-order valence-electron chi connectivity index (χ2n) is 8.29. The van der Waals surface area contributed by atoms with Crippen LogP contribution in [0, 0.1) is 5.92 Å². The van der Waals surface area contributed by atoms with Gasteiger partial charge >= 0.3 is 12.1 Å². The predicted molar refractivity (Wildman–Crippen MR) is 122 cm³/mol. The Labute approximate surface area is 197 Å². The molecule has 3 N–H and O–H groups in total. The van der Waals surface area contributed by atoms with E-state index in [1.54, 1.807) is 0 Å². The summed E-state index contributed by atoms with van der Waals surface area (Å²) in [6.45, 7) is 0.971. The Morgan fingerprint density at radius 2 is 1.68 bits per heavy atom. The van der Waals surface area contributed by atoms with E-state index in [2.05, 4.69) is 34.9 Å². The third kappa shape index (κ3) is 5.55. The molecule has 0 aromatic heterocycles. The predicted octanol–water partition coefficient (Wildman–Crippen LogP) is 2.15. The fraction of sp³-hybridized carbons (Fsp3) is 0.400. The van der Waals surface area contributed by atoms with E-state index < -0.39 is 18.2 Å². The maximum absolute atomic E-state index is 12.1. The van der Waals surface area contributed by atoms with E-state index in [1.807, 2.05) is 24.3 Å². The third-order valence-corrected chi connectivity index (χ3v) is 6.11. The van der Waals surface area contributed by atoms with Crippen LogP contribution in [-0.2, 0) is 23.8 Å². The number of ether oxygens (including phenoxy) is 3. The number of hydrogen-bond acceptors (Lipinski definition) is 6. The molecule has 2 aliphatic rings. The summed E-state index contributed by atoms with van der Waals surface area (Å²) < 4.78 is 15.9. The Morgan fingerprint density at radius 1 is 1.00 bits per heavy atom. The molecule has 0 spiro atoms. The van der Waals surface area contributed by atoms with Crippen LogP contribution >= 0.6 is 0 Å². The summed E-state index contributed by atoms with van der Waals surface area (Å²) in [6, 6.07) is 16.2. The SMILES string of the molecule is O=C(COCCNC(=O)OCC1c2ccccc2-c2ccccc21)NCC1CCOC1C(=O)O. The molecule has 0 radical (unpaired) electrons. The molecule has 2 amide bonds. The van der Waals surface area contributed by atoms with Crippen molar-refractivity contribution in [1.29, 1.82) is 0 Å². The van der Waals surface area contributed by atoms with E-state index in [0.29, 0.717) is 13.0 Å². The quantitative estimate of drug-likeness (QED) is 0.457. The van der Waals surface area contributed by atoms with Crippen molar-refractivity contribution in [3.8, 4) is 11.1 Å². The highest BCUT2D eigenvalue weighted by Crippen LogP contribution is 2.44. The van der Waals surface area contributed by atoms with Crippen LogP contribution in [0.3, 0.4) is 0 Å². The summed E-state index contributed by atoms with van der Waals surface area (Å²) in [5.74, 6) is -1.63. The normalized spacial score (nSPS) is 18.7. The molecule has 180 valence electrons. The number of carboxylic acids is 1. The van der Waals surface area contributed by atoms with Gasteiger partial charge in [-0.25, -0.2) is 9.59 Å². The number of nitrogens with one attached hydrogen (secondary N) is 2. The second kappa shape index (κ2) is 11.1. The minimum absolute atomic E-state index is 0.0101. The molecule has 1 aliphatic heterocycles. The minimum Gasteiger partial charge on any atom is -0.479 e. The summed E-state index contributed by atoms with van der Waals surface area (Å²) in [7, 11) is 0. The van der Waals surface area contributed by atoms with Crippen LogP contribution in [0.5, 0.6) is 0 Å². The highest BCUT2D eigenvalue weighted by atomic mass is 16.5. The van der Waals surface area contributed by atoms with Gasteiger partial charge in [0.1, 0.15) is 13.2 Å². The topological polar surface area (TPSA) is 123 Å². The van der Waals surface area contributed by atoms with Crippen LogP contribution in [0.4, 0.5) is 4.79 Å². The standard InChI is InChI=1S/C25H28N2O7/c28-22(27-13-16-9-11-33-23(16)24(29)30)15-32-12-10-26-25(31)34-14-21-19-7-3-1-5-17(19)18-6-2-4-8-20(18)21/h1-8,16,21,23H,9-15H2,(H,26,31)(H,27,28)(H,29,30). The van der Waals surface area contributed by atoms with Crippen LogP contribution in [0.15, 0.2) is 48.5 Å². The third-order valence-electron chi connectivity index (χ3n) is 6.11. The van der Waals surface area contributed by atoms with Gasteiger partial charge in [0.05, 0.1) is 6.61 Å². The molecule has 2 atom stereocenters. The number of carbonyl (C=O) groups excluding carboxylic acids is 2. The number of carbonyl (C=O) groups is 3. The molecular weight excluding hydrogens is 440 g/mol. The highest BCUT2D eigenvalue weighted by molar-refractivity contribution is 5.79. The molecule has 1 fully saturated rings. The molecule has 0 saturated carbocycles. The number of rotatable bonds is 10. The van der Waals surface area contributed by atoms with Crippen LogP contribution in [0.1, 0.15) is 23.5 Å². The molecule has 9 nitrogen and oxygen atoms in total. The van der Waals surface area contributed by atoms with Crippen molar-refractivity contribution in [3.63, 3.8) is 0 Å². The monoisotopic (exact) mass is 468 g/mol. The van der Waals surface area contributed by atoms with E-state index in [-0.39, 0.29) is 50.7 Å². The molecule has 9 heteroatoms. The van der Waals surface area contributed by atoms with E-state index in [4.69, 9.17) is 19.3 Å². The maximum atomic E-state index is 12.1. The largest absolute Gasteiger partial charge is 0.479 e. The molecule has 0 bridgehead atoms. The summed E-state index contributed by atoms with van der Waals surface area (Å²) >= 11 is 0. The van der Waals surface area contributed by atoms with E-state index >= 15 is 0 Å². The van der Waals surface area contributed by atoms with Crippen molar-refractivity contribution < 1.29 is 33.7 Å². The Hall–Kier alpha value is -3.43. The van der Waals surface area contributed by atoms with Crippen molar-refractivity contribution in [2.24, 2.45) is 5.92 Å². The van der Waals surface area contributed by atoms with E-state index in [1.165, 1.54) is 0 Å². The van der Waals surface area contributed by atoms with Gasteiger partial charge in [-0.2, -0.15) is 0 Å².